The van der Waals surface area contributed by atoms with Gasteiger partial charge in [-0.15, -0.1) is 22.7 Å². The first-order chi connectivity index (χ1) is 10.1. The molecule has 0 bridgehead atoms. The third-order valence-corrected chi connectivity index (χ3v) is 5.60. The van der Waals surface area contributed by atoms with E-state index in [0.717, 1.165) is 36.9 Å². The number of aromatic nitrogens is 1. The molecule has 0 fully saturated rings. The predicted octanol–water partition coefficient (Wildman–Crippen LogP) is 3.83. The number of hydrogen-bond acceptors (Lipinski definition) is 5. The molecule has 1 aliphatic heterocycles. The molecule has 1 atom stereocenters. The first-order valence-electron chi connectivity index (χ1n) is 6.65. The van der Waals surface area contributed by atoms with Crippen molar-refractivity contribution in [3.05, 3.63) is 44.6 Å². The number of hydrogen-bond donors (Lipinski definition) is 2. The maximum atomic E-state index is 12.4. The highest BCUT2D eigenvalue weighted by atomic mass is 32.1. The van der Waals surface area contributed by atoms with Crippen LogP contribution >= 0.6 is 22.7 Å². The molecule has 106 valence electrons. The van der Waals surface area contributed by atoms with Gasteiger partial charge in [0, 0.05) is 16.0 Å². The zero-order valence-corrected chi connectivity index (χ0v) is 13.2. The second kappa shape index (κ2) is 4.54. The van der Waals surface area contributed by atoms with Crippen LogP contribution in [0, 0.1) is 13.8 Å². The lowest BCUT2D eigenvalue weighted by Gasteiger charge is -2.25. The van der Waals surface area contributed by atoms with Crippen LogP contribution in [0.5, 0.6) is 0 Å². The maximum Gasteiger partial charge on any atom is 0.265 e. The highest BCUT2D eigenvalue weighted by molar-refractivity contribution is 7.21. The van der Waals surface area contributed by atoms with E-state index in [2.05, 4.69) is 28.6 Å². The first kappa shape index (κ1) is 12.8. The Labute approximate surface area is 129 Å². The van der Waals surface area contributed by atoms with Gasteiger partial charge in [0.05, 0.1) is 5.69 Å². The van der Waals surface area contributed by atoms with Crippen molar-refractivity contribution in [2.45, 2.75) is 20.0 Å². The molecule has 4 rings (SSSR count). The molecule has 4 nitrogen and oxygen atoms in total. The van der Waals surface area contributed by atoms with Crippen LogP contribution in [0.3, 0.4) is 0 Å². The van der Waals surface area contributed by atoms with Gasteiger partial charge in [-0.1, -0.05) is 6.07 Å². The van der Waals surface area contributed by atoms with E-state index < -0.39 is 0 Å². The molecule has 0 unspecified atom stereocenters. The standard InChI is InChI=1S/C15H13N3OS2/c1-7-6-8(2)16-15-10(7)11-12(21-15)14(19)18-13(17-11)9-4-3-5-20-9/h3-6,13,17H,1-2H3,(H,18,19)/t13-/m1/s1. The van der Waals surface area contributed by atoms with Gasteiger partial charge >= 0.3 is 0 Å². The zero-order chi connectivity index (χ0) is 14.6. The summed E-state index contributed by atoms with van der Waals surface area (Å²) < 4.78 is 0. The fraction of sp³-hybridized carbons (Fsp3) is 0.200. The lowest BCUT2D eigenvalue weighted by Crippen LogP contribution is -2.37. The van der Waals surface area contributed by atoms with Gasteiger partial charge in [-0.3, -0.25) is 4.79 Å². The molecule has 21 heavy (non-hydrogen) atoms. The van der Waals surface area contributed by atoms with E-state index in [0.29, 0.717) is 0 Å². The van der Waals surface area contributed by atoms with Crippen LogP contribution < -0.4 is 10.6 Å². The summed E-state index contributed by atoms with van der Waals surface area (Å²) in [7, 11) is 0. The lowest BCUT2D eigenvalue weighted by atomic mass is 10.1. The van der Waals surface area contributed by atoms with Gasteiger partial charge in [0.2, 0.25) is 0 Å². The number of fused-ring (bicyclic) bond motifs is 3. The quantitative estimate of drug-likeness (QED) is 0.717. The summed E-state index contributed by atoms with van der Waals surface area (Å²) in [6, 6.07) is 6.08. The number of rotatable bonds is 1. The van der Waals surface area contributed by atoms with Gasteiger partial charge in [-0.05, 0) is 36.9 Å². The van der Waals surface area contributed by atoms with E-state index in [1.807, 2.05) is 24.4 Å². The minimum atomic E-state index is -0.163. The summed E-state index contributed by atoms with van der Waals surface area (Å²) in [5.74, 6) is -0.0257. The molecule has 0 saturated heterocycles. The predicted molar refractivity (Wildman–Crippen MR) is 87.2 cm³/mol. The van der Waals surface area contributed by atoms with Crippen LogP contribution in [0.25, 0.3) is 10.2 Å². The first-order valence-corrected chi connectivity index (χ1v) is 8.34. The number of anilines is 1. The van der Waals surface area contributed by atoms with Crippen LogP contribution in [-0.4, -0.2) is 10.9 Å². The van der Waals surface area contributed by atoms with Crippen molar-refractivity contribution < 1.29 is 4.79 Å². The Morgan fingerprint density at radius 2 is 2.14 bits per heavy atom. The van der Waals surface area contributed by atoms with E-state index >= 15 is 0 Å². The Morgan fingerprint density at radius 3 is 2.90 bits per heavy atom. The summed E-state index contributed by atoms with van der Waals surface area (Å²) in [5, 5.41) is 9.56. The summed E-state index contributed by atoms with van der Waals surface area (Å²) in [6.07, 6.45) is -0.163. The molecule has 1 aliphatic rings. The van der Waals surface area contributed by atoms with Crippen LogP contribution in [0.4, 0.5) is 5.69 Å². The van der Waals surface area contributed by atoms with E-state index in [1.165, 1.54) is 11.3 Å². The van der Waals surface area contributed by atoms with Crippen molar-refractivity contribution >= 4 is 44.5 Å². The van der Waals surface area contributed by atoms with Crippen LogP contribution in [0.15, 0.2) is 23.6 Å². The van der Waals surface area contributed by atoms with Crippen molar-refractivity contribution in [1.29, 1.82) is 0 Å². The van der Waals surface area contributed by atoms with Crippen molar-refractivity contribution in [2.24, 2.45) is 0 Å². The Hall–Kier alpha value is -1.92. The van der Waals surface area contributed by atoms with Crippen LogP contribution in [0.1, 0.15) is 32.0 Å². The number of nitrogens with one attached hydrogen (secondary N) is 2. The number of carbonyl (C=O) groups is 1. The lowest BCUT2D eigenvalue weighted by molar-refractivity contribution is 0.0941. The van der Waals surface area contributed by atoms with E-state index in [4.69, 9.17) is 0 Å². The second-order valence-electron chi connectivity index (χ2n) is 5.13. The molecule has 0 saturated carbocycles. The maximum absolute atomic E-state index is 12.4. The van der Waals surface area contributed by atoms with Crippen LogP contribution in [0.2, 0.25) is 0 Å². The highest BCUT2D eigenvalue weighted by Gasteiger charge is 2.30. The number of amides is 1. The van der Waals surface area contributed by atoms with Gasteiger partial charge in [0.15, 0.2) is 0 Å². The molecule has 0 aromatic carbocycles. The van der Waals surface area contributed by atoms with Crippen molar-refractivity contribution in [1.82, 2.24) is 10.3 Å². The third kappa shape index (κ3) is 1.94. The van der Waals surface area contributed by atoms with Crippen molar-refractivity contribution in [3.8, 4) is 0 Å². The van der Waals surface area contributed by atoms with Crippen molar-refractivity contribution in [3.63, 3.8) is 0 Å². The molecule has 0 aliphatic carbocycles. The van der Waals surface area contributed by atoms with E-state index in [-0.39, 0.29) is 12.1 Å². The number of pyridine rings is 1. The summed E-state index contributed by atoms with van der Waals surface area (Å²) in [4.78, 5) is 19.7. The average Bonchev–Trinajstić information content (AvgIpc) is 3.04. The number of aryl methyl sites for hydroxylation is 2. The normalized spacial score (nSPS) is 17.4. The minimum absolute atomic E-state index is 0.0257. The van der Waals surface area contributed by atoms with Crippen molar-refractivity contribution in [2.75, 3.05) is 5.32 Å². The Balaban J connectivity index is 1.90. The molecule has 1 amide bonds. The van der Waals surface area contributed by atoms with E-state index in [9.17, 15) is 4.79 Å². The largest absolute Gasteiger partial charge is 0.359 e. The molecule has 2 N–H and O–H groups in total. The molecule has 0 spiro atoms. The highest BCUT2D eigenvalue weighted by Crippen LogP contribution is 2.41. The minimum Gasteiger partial charge on any atom is -0.359 e. The third-order valence-electron chi connectivity index (χ3n) is 3.59. The summed E-state index contributed by atoms with van der Waals surface area (Å²) in [5.41, 5.74) is 3.05. The topological polar surface area (TPSA) is 54.0 Å². The summed E-state index contributed by atoms with van der Waals surface area (Å²) in [6.45, 7) is 4.05. The molecule has 3 aromatic heterocycles. The fourth-order valence-electron chi connectivity index (χ4n) is 2.71. The Morgan fingerprint density at radius 1 is 1.29 bits per heavy atom. The molecular weight excluding hydrogens is 302 g/mol. The van der Waals surface area contributed by atoms with Gasteiger partial charge < -0.3 is 10.6 Å². The number of carbonyl (C=O) groups excluding carboxylic acids is 1. The second-order valence-corrected chi connectivity index (χ2v) is 7.11. The average molecular weight is 315 g/mol. The number of thiophene rings is 2. The molecule has 4 heterocycles. The van der Waals surface area contributed by atoms with E-state index in [1.54, 1.807) is 11.3 Å². The number of nitrogens with zero attached hydrogens (tertiary/aromatic N) is 1. The van der Waals surface area contributed by atoms with Gasteiger partial charge in [0.1, 0.15) is 15.9 Å². The van der Waals surface area contributed by atoms with Gasteiger partial charge in [-0.2, -0.15) is 0 Å². The molecule has 6 heteroatoms. The Bertz CT molecular complexity index is 852. The Kier molecular flexibility index (Phi) is 2.77. The van der Waals surface area contributed by atoms with Gasteiger partial charge in [-0.25, -0.2) is 4.98 Å². The SMILES string of the molecule is Cc1cc(C)c2c3c(sc2n1)C(=O)N[C@H](c1cccs1)N3. The molecule has 3 aromatic rings. The molecule has 0 radical (unpaired) electrons. The smallest absolute Gasteiger partial charge is 0.265 e. The van der Waals surface area contributed by atoms with Gasteiger partial charge in [0.25, 0.3) is 5.91 Å². The summed E-state index contributed by atoms with van der Waals surface area (Å²) >= 11 is 3.08. The monoisotopic (exact) mass is 315 g/mol. The fourth-order valence-corrected chi connectivity index (χ4v) is 4.60. The zero-order valence-electron chi connectivity index (χ0n) is 11.6. The molecular formula is C15H13N3OS2. The van der Waals surface area contributed by atoms with Crippen LogP contribution in [-0.2, 0) is 0 Å².